The van der Waals surface area contributed by atoms with Crippen LogP contribution in [0.3, 0.4) is 0 Å². The predicted octanol–water partition coefficient (Wildman–Crippen LogP) is 1.62. The summed E-state index contributed by atoms with van der Waals surface area (Å²) in [5, 5.41) is 1.98. The van der Waals surface area contributed by atoms with E-state index in [2.05, 4.69) is 11.1 Å². The fourth-order valence-electron chi connectivity index (χ4n) is 1.07. The monoisotopic (exact) mass is 143 g/mol. The van der Waals surface area contributed by atoms with Crippen molar-refractivity contribution >= 4 is 16.6 Å². The van der Waals surface area contributed by atoms with Crippen LogP contribution in [0, 0.1) is 6.07 Å². The molecule has 1 aromatic carbocycles. The third-order valence-electron chi connectivity index (χ3n) is 1.62. The minimum absolute atomic E-state index is 0.569. The molecule has 1 radical (unpaired) electrons. The molecule has 0 atom stereocenters. The van der Waals surface area contributed by atoms with Gasteiger partial charge in [-0.05, 0) is 17.5 Å². The number of hydrogen-bond donors (Lipinski definition) is 1. The lowest BCUT2D eigenvalue weighted by molar-refractivity contribution is 1.37. The first-order valence-corrected chi connectivity index (χ1v) is 3.39. The van der Waals surface area contributed by atoms with E-state index < -0.39 is 0 Å². The number of hydrogen-bond acceptors (Lipinski definition) is 2. The third-order valence-corrected chi connectivity index (χ3v) is 1.62. The lowest BCUT2D eigenvalue weighted by atomic mass is 10.2. The molecule has 0 saturated carbocycles. The average Bonchev–Trinajstić information content (AvgIpc) is 2.06. The second-order valence-corrected chi connectivity index (χ2v) is 2.33. The van der Waals surface area contributed by atoms with Gasteiger partial charge in [-0.1, -0.05) is 18.2 Å². The molecule has 2 N–H and O–H groups in total. The van der Waals surface area contributed by atoms with Gasteiger partial charge in [0.1, 0.15) is 5.82 Å². The van der Waals surface area contributed by atoms with Crippen LogP contribution in [0.1, 0.15) is 0 Å². The number of nitrogens with two attached hydrogens (primary N) is 1. The van der Waals surface area contributed by atoms with E-state index in [1.807, 2.05) is 24.3 Å². The third kappa shape index (κ3) is 0.923. The highest BCUT2D eigenvalue weighted by Gasteiger charge is 1.94. The first-order chi connectivity index (χ1) is 5.38. The van der Waals surface area contributed by atoms with Crippen LogP contribution in [0.4, 0.5) is 5.82 Å². The van der Waals surface area contributed by atoms with Crippen LogP contribution in [0.25, 0.3) is 10.8 Å². The van der Waals surface area contributed by atoms with E-state index in [0.29, 0.717) is 5.82 Å². The molecule has 0 spiro atoms. The molecule has 2 nitrogen and oxygen atoms in total. The van der Waals surface area contributed by atoms with Crippen LogP contribution >= 0.6 is 0 Å². The molecule has 0 bridgehead atoms. The number of rotatable bonds is 0. The predicted molar refractivity (Wildman–Crippen MR) is 45.0 cm³/mol. The van der Waals surface area contributed by atoms with E-state index >= 15 is 0 Å². The van der Waals surface area contributed by atoms with Gasteiger partial charge in [0.05, 0.1) is 0 Å². The lowest BCUT2D eigenvalue weighted by Gasteiger charge is -1.97. The highest BCUT2D eigenvalue weighted by Crippen LogP contribution is 2.16. The summed E-state index contributed by atoms with van der Waals surface area (Å²) in [6, 6.07) is 10.7. The summed E-state index contributed by atoms with van der Waals surface area (Å²) in [7, 11) is 0. The minimum atomic E-state index is 0.569. The molecule has 0 aliphatic rings. The Morgan fingerprint density at radius 3 is 3.09 bits per heavy atom. The van der Waals surface area contributed by atoms with E-state index in [9.17, 15) is 0 Å². The summed E-state index contributed by atoms with van der Waals surface area (Å²) in [5.41, 5.74) is 5.63. The van der Waals surface area contributed by atoms with Gasteiger partial charge in [0.15, 0.2) is 0 Å². The first-order valence-electron chi connectivity index (χ1n) is 3.39. The topological polar surface area (TPSA) is 38.9 Å². The Bertz CT molecular complexity index is 377. The normalized spacial score (nSPS) is 10.2. The van der Waals surface area contributed by atoms with Crippen LogP contribution in [-0.2, 0) is 0 Å². The number of nitrogen functional groups attached to an aromatic ring is 1. The maximum Gasteiger partial charge on any atom is 0.131 e. The highest BCUT2D eigenvalue weighted by atomic mass is 14.8. The molecular formula is C9H7N2. The largest absolute Gasteiger partial charge is 0.383 e. The number of aromatic nitrogens is 1. The van der Waals surface area contributed by atoms with E-state index in [4.69, 9.17) is 5.73 Å². The lowest BCUT2D eigenvalue weighted by Crippen LogP contribution is -1.89. The Hall–Kier alpha value is -1.57. The molecule has 0 aliphatic heterocycles. The number of nitrogens with zero attached hydrogens (tertiary/aromatic N) is 1. The van der Waals surface area contributed by atoms with Crippen LogP contribution in [-0.4, -0.2) is 4.98 Å². The van der Waals surface area contributed by atoms with E-state index in [1.54, 1.807) is 6.20 Å². The van der Waals surface area contributed by atoms with E-state index in [-0.39, 0.29) is 0 Å². The smallest absolute Gasteiger partial charge is 0.131 e. The second kappa shape index (κ2) is 2.23. The van der Waals surface area contributed by atoms with Gasteiger partial charge in [0.25, 0.3) is 0 Å². The van der Waals surface area contributed by atoms with Gasteiger partial charge >= 0.3 is 0 Å². The van der Waals surface area contributed by atoms with Gasteiger partial charge in [-0.3, -0.25) is 0 Å². The van der Waals surface area contributed by atoms with Gasteiger partial charge in [0.2, 0.25) is 0 Å². The quantitative estimate of drug-likeness (QED) is 0.608. The highest BCUT2D eigenvalue weighted by molar-refractivity contribution is 5.89. The molecule has 1 heterocycles. The van der Waals surface area contributed by atoms with Gasteiger partial charge in [-0.25, -0.2) is 4.98 Å². The van der Waals surface area contributed by atoms with Gasteiger partial charge in [-0.2, -0.15) is 0 Å². The Balaban J connectivity index is 2.91. The molecule has 0 aliphatic carbocycles. The minimum Gasteiger partial charge on any atom is -0.383 e. The van der Waals surface area contributed by atoms with Crippen molar-refractivity contribution in [3.05, 3.63) is 36.5 Å². The van der Waals surface area contributed by atoms with Crippen molar-refractivity contribution in [1.29, 1.82) is 0 Å². The summed E-state index contributed by atoms with van der Waals surface area (Å²) < 4.78 is 0. The molecule has 2 rings (SSSR count). The van der Waals surface area contributed by atoms with Gasteiger partial charge in [0, 0.05) is 11.6 Å². The fraction of sp³-hybridized carbons (Fsp3) is 0. The molecule has 0 unspecified atom stereocenters. The molecule has 2 aromatic rings. The Kier molecular flexibility index (Phi) is 1.25. The van der Waals surface area contributed by atoms with Crippen molar-refractivity contribution in [2.75, 3.05) is 5.73 Å². The second-order valence-electron chi connectivity index (χ2n) is 2.33. The molecule has 0 fully saturated rings. The number of fused-ring (bicyclic) bond motifs is 1. The van der Waals surface area contributed by atoms with E-state index in [1.165, 1.54) is 0 Å². The van der Waals surface area contributed by atoms with Crippen molar-refractivity contribution in [3.63, 3.8) is 0 Å². The Labute approximate surface area is 64.7 Å². The van der Waals surface area contributed by atoms with Crippen molar-refractivity contribution in [2.45, 2.75) is 0 Å². The van der Waals surface area contributed by atoms with Crippen molar-refractivity contribution in [2.24, 2.45) is 0 Å². The van der Waals surface area contributed by atoms with Crippen molar-refractivity contribution in [1.82, 2.24) is 4.98 Å². The summed E-state index contributed by atoms with van der Waals surface area (Å²) >= 11 is 0. The molecule has 0 amide bonds. The van der Waals surface area contributed by atoms with Gasteiger partial charge in [-0.15, -0.1) is 0 Å². The molecule has 0 saturated heterocycles. The Morgan fingerprint density at radius 1 is 1.36 bits per heavy atom. The zero-order valence-electron chi connectivity index (χ0n) is 5.91. The molecule has 11 heavy (non-hydrogen) atoms. The maximum atomic E-state index is 5.63. The number of pyridine rings is 1. The maximum absolute atomic E-state index is 5.63. The standard InChI is InChI=1S/C9H7N2/c10-9-8-4-2-1-3-7(8)5-6-11-9/h1-2,4-6H,(H2,10,11). The summed E-state index contributed by atoms with van der Waals surface area (Å²) in [5.74, 6) is 0.569. The SMILES string of the molecule is Nc1nccc2[c]cccc12. The Morgan fingerprint density at radius 2 is 2.27 bits per heavy atom. The van der Waals surface area contributed by atoms with Crippen molar-refractivity contribution < 1.29 is 0 Å². The van der Waals surface area contributed by atoms with Crippen LogP contribution < -0.4 is 5.73 Å². The fourth-order valence-corrected chi connectivity index (χ4v) is 1.07. The molecular weight excluding hydrogens is 136 g/mol. The molecule has 1 aromatic heterocycles. The summed E-state index contributed by atoms with van der Waals surface area (Å²) in [6.45, 7) is 0. The summed E-state index contributed by atoms with van der Waals surface area (Å²) in [4.78, 5) is 3.97. The number of anilines is 1. The zero-order chi connectivity index (χ0) is 7.68. The summed E-state index contributed by atoms with van der Waals surface area (Å²) in [6.07, 6.45) is 1.69. The molecule has 2 heteroatoms. The van der Waals surface area contributed by atoms with Crippen molar-refractivity contribution in [3.8, 4) is 0 Å². The van der Waals surface area contributed by atoms with Crippen LogP contribution in [0.5, 0.6) is 0 Å². The van der Waals surface area contributed by atoms with Crippen LogP contribution in [0.15, 0.2) is 30.5 Å². The van der Waals surface area contributed by atoms with Crippen LogP contribution in [0.2, 0.25) is 0 Å². The zero-order valence-corrected chi connectivity index (χ0v) is 5.91. The average molecular weight is 143 g/mol. The molecule has 53 valence electrons. The number of benzene rings is 1. The van der Waals surface area contributed by atoms with E-state index in [0.717, 1.165) is 10.8 Å². The first kappa shape index (κ1) is 6.16. The van der Waals surface area contributed by atoms with Gasteiger partial charge < -0.3 is 5.73 Å².